The Kier molecular flexibility index (Phi) is 1.45. The fraction of sp³-hybridized carbons (Fsp3) is 0.125. The van der Waals surface area contributed by atoms with E-state index in [1.165, 1.54) is 0 Å². The molecule has 2 heteroatoms. The Morgan fingerprint density at radius 1 is 1.50 bits per heavy atom. The van der Waals surface area contributed by atoms with Crippen LogP contribution < -0.4 is 10.4 Å². The smallest absolute Gasteiger partial charge is 0.143 e. The van der Waals surface area contributed by atoms with Crippen LogP contribution in [0.25, 0.3) is 13.2 Å². The average Bonchev–Trinajstić information content (AvgIpc) is 1.93. The Morgan fingerprint density at radius 3 is 2.60 bits per heavy atom. The second kappa shape index (κ2) is 2.14. The number of hydrogen-bond donors (Lipinski definition) is 1. The first-order valence-electron chi connectivity index (χ1n) is 2.95. The van der Waals surface area contributed by atoms with E-state index >= 15 is 0 Å². The summed E-state index contributed by atoms with van der Waals surface area (Å²) in [4.78, 5) is 3.89. The molecule has 2 nitrogen and oxygen atoms in total. The standard InChI is InChI=1S/C8H9NO/c1-5-4-9-7(3)8(10)6(5)2/h4,10H,1-2H2,3H3. The molecule has 1 rings (SSSR count). The number of aromatic nitrogens is 1. The third kappa shape index (κ3) is 0.880. The van der Waals surface area contributed by atoms with Gasteiger partial charge in [0.1, 0.15) is 5.75 Å². The first kappa shape index (κ1) is 6.81. The van der Waals surface area contributed by atoms with Crippen LogP contribution in [0.15, 0.2) is 6.20 Å². The highest BCUT2D eigenvalue weighted by molar-refractivity contribution is 5.30. The van der Waals surface area contributed by atoms with Gasteiger partial charge >= 0.3 is 0 Å². The molecule has 10 heavy (non-hydrogen) atoms. The van der Waals surface area contributed by atoms with Gasteiger partial charge in [-0.2, -0.15) is 0 Å². The zero-order valence-electron chi connectivity index (χ0n) is 5.89. The summed E-state index contributed by atoms with van der Waals surface area (Å²) in [5.74, 6) is 0.146. The van der Waals surface area contributed by atoms with Crippen LogP contribution in [0.4, 0.5) is 0 Å². The van der Waals surface area contributed by atoms with Crippen LogP contribution in [-0.2, 0) is 0 Å². The van der Waals surface area contributed by atoms with Crippen molar-refractivity contribution in [3.8, 4) is 5.75 Å². The van der Waals surface area contributed by atoms with E-state index in [-0.39, 0.29) is 5.75 Å². The van der Waals surface area contributed by atoms with E-state index < -0.39 is 0 Å². The van der Waals surface area contributed by atoms with Crippen molar-refractivity contribution in [2.75, 3.05) is 0 Å². The molecule has 52 valence electrons. The van der Waals surface area contributed by atoms with Crippen LogP contribution >= 0.6 is 0 Å². The largest absolute Gasteiger partial charge is 0.505 e. The van der Waals surface area contributed by atoms with Gasteiger partial charge in [-0.05, 0) is 12.1 Å². The van der Waals surface area contributed by atoms with Gasteiger partial charge in [-0.3, -0.25) is 4.98 Å². The summed E-state index contributed by atoms with van der Waals surface area (Å²) in [7, 11) is 0. The number of aromatic hydroxyl groups is 1. The summed E-state index contributed by atoms with van der Waals surface area (Å²) < 4.78 is 0. The van der Waals surface area contributed by atoms with E-state index in [2.05, 4.69) is 18.1 Å². The quantitative estimate of drug-likeness (QED) is 0.539. The van der Waals surface area contributed by atoms with E-state index in [0.717, 1.165) is 0 Å². The van der Waals surface area contributed by atoms with Crippen LogP contribution in [0.3, 0.4) is 0 Å². The van der Waals surface area contributed by atoms with Crippen LogP contribution in [0.2, 0.25) is 0 Å². The lowest BCUT2D eigenvalue weighted by Crippen LogP contribution is -2.22. The van der Waals surface area contributed by atoms with Gasteiger partial charge in [0, 0.05) is 11.4 Å². The maximum atomic E-state index is 9.22. The van der Waals surface area contributed by atoms with Crippen molar-refractivity contribution in [1.82, 2.24) is 4.98 Å². The molecule has 0 spiro atoms. The Bertz CT molecular complexity index is 343. The fourth-order valence-electron chi connectivity index (χ4n) is 0.684. The van der Waals surface area contributed by atoms with Gasteiger partial charge < -0.3 is 5.11 Å². The molecule has 1 heterocycles. The molecule has 0 aromatic carbocycles. The normalized spacial score (nSPS) is 9.70. The summed E-state index contributed by atoms with van der Waals surface area (Å²) in [5.41, 5.74) is 0.595. The summed E-state index contributed by atoms with van der Waals surface area (Å²) in [6.45, 7) is 8.99. The molecule has 0 saturated heterocycles. The van der Waals surface area contributed by atoms with Crippen LogP contribution in [0.1, 0.15) is 5.69 Å². The van der Waals surface area contributed by atoms with Gasteiger partial charge in [-0.25, -0.2) is 0 Å². The molecule has 1 aromatic rings. The second-order valence-corrected chi connectivity index (χ2v) is 2.20. The van der Waals surface area contributed by atoms with Gasteiger partial charge in [0.2, 0.25) is 0 Å². The van der Waals surface area contributed by atoms with E-state index in [4.69, 9.17) is 0 Å². The topological polar surface area (TPSA) is 33.1 Å². The van der Waals surface area contributed by atoms with Crippen LogP contribution in [-0.4, -0.2) is 10.1 Å². The van der Waals surface area contributed by atoms with Crippen molar-refractivity contribution in [1.29, 1.82) is 0 Å². The van der Waals surface area contributed by atoms with Crippen molar-refractivity contribution >= 4 is 13.2 Å². The van der Waals surface area contributed by atoms with E-state index in [1.807, 2.05) is 0 Å². The Hall–Kier alpha value is -1.31. The average molecular weight is 135 g/mol. The molecule has 0 aliphatic rings. The van der Waals surface area contributed by atoms with Crippen molar-refractivity contribution in [2.24, 2.45) is 0 Å². The molecule has 0 saturated carbocycles. The zero-order valence-corrected chi connectivity index (χ0v) is 5.89. The van der Waals surface area contributed by atoms with Gasteiger partial charge in [-0.15, -0.1) is 0 Å². The molecule has 1 aromatic heterocycles. The maximum absolute atomic E-state index is 9.22. The number of nitrogens with zero attached hydrogens (tertiary/aromatic N) is 1. The molecule has 0 unspecified atom stereocenters. The molecule has 0 aliphatic carbocycles. The van der Waals surface area contributed by atoms with E-state index in [9.17, 15) is 5.11 Å². The Morgan fingerprint density at radius 2 is 2.10 bits per heavy atom. The van der Waals surface area contributed by atoms with Crippen molar-refractivity contribution < 1.29 is 5.11 Å². The van der Waals surface area contributed by atoms with Gasteiger partial charge in [0.15, 0.2) is 0 Å². The summed E-state index contributed by atoms with van der Waals surface area (Å²) >= 11 is 0. The van der Waals surface area contributed by atoms with Gasteiger partial charge in [-0.1, -0.05) is 13.2 Å². The van der Waals surface area contributed by atoms with E-state index in [0.29, 0.717) is 16.1 Å². The maximum Gasteiger partial charge on any atom is 0.143 e. The molecular weight excluding hydrogens is 126 g/mol. The molecule has 1 N–H and O–H groups in total. The second-order valence-electron chi connectivity index (χ2n) is 2.20. The highest BCUT2D eigenvalue weighted by Gasteiger charge is 1.95. The number of pyridine rings is 1. The lowest BCUT2D eigenvalue weighted by Gasteiger charge is -1.95. The van der Waals surface area contributed by atoms with Crippen molar-refractivity contribution in [3.05, 3.63) is 22.3 Å². The van der Waals surface area contributed by atoms with Gasteiger partial charge in [0.25, 0.3) is 0 Å². The van der Waals surface area contributed by atoms with Crippen LogP contribution in [0.5, 0.6) is 5.75 Å². The van der Waals surface area contributed by atoms with Crippen molar-refractivity contribution in [3.63, 3.8) is 0 Å². The molecule has 0 fully saturated rings. The first-order valence-corrected chi connectivity index (χ1v) is 2.95. The Balaban J connectivity index is 3.66. The summed E-state index contributed by atoms with van der Waals surface area (Å²) in [5, 5.41) is 10.5. The molecule has 0 atom stereocenters. The summed E-state index contributed by atoms with van der Waals surface area (Å²) in [6, 6.07) is 0. The molecule has 0 aliphatic heterocycles. The molecule has 0 bridgehead atoms. The highest BCUT2D eigenvalue weighted by atomic mass is 16.3. The Labute approximate surface area is 59.2 Å². The molecule has 0 radical (unpaired) electrons. The zero-order chi connectivity index (χ0) is 7.72. The molecular formula is C8H9NO. The minimum Gasteiger partial charge on any atom is -0.505 e. The lowest BCUT2D eigenvalue weighted by atomic mass is 10.3. The monoisotopic (exact) mass is 135 g/mol. The predicted molar refractivity (Wildman–Crippen MR) is 40.9 cm³/mol. The summed E-state index contributed by atoms with van der Waals surface area (Å²) in [6.07, 6.45) is 1.59. The molecule has 0 amide bonds. The van der Waals surface area contributed by atoms with Crippen molar-refractivity contribution in [2.45, 2.75) is 6.92 Å². The van der Waals surface area contributed by atoms with Gasteiger partial charge in [0.05, 0.1) is 5.69 Å². The number of hydrogen-bond acceptors (Lipinski definition) is 2. The number of aryl methyl sites for hydroxylation is 1. The highest BCUT2D eigenvalue weighted by Crippen LogP contribution is 2.00. The minimum atomic E-state index is 0.146. The third-order valence-corrected chi connectivity index (χ3v) is 1.43. The third-order valence-electron chi connectivity index (χ3n) is 1.43. The van der Waals surface area contributed by atoms with E-state index in [1.54, 1.807) is 13.1 Å². The lowest BCUT2D eigenvalue weighted by molar-refractivity contribution is 0.462. The first-order chi connectivity index (χ1) is 4.63. The van der Waals surface area contributed by atoms with Crippen LogP contribution in [0, 0.1) is 6.92 Å². The fourth-order valence-corrected chi connectivity index (χ4v) is 0.684. The predicted octanol–water partition coefficient (Wildman–Crippen LogP) is -0.0838. The minimum absolute atomic E-state index is 0.146. The number of rotatable bonds is 0. The SMILES string of the molecule is C=c1cnc(C)c(O)c1=C.